The SMILES string of the molecule is COc1ccccc1CNC(=O)C(C)Sc1nnc(-c2ccco2)n1C. The minimum Gasteiger partial charge on any atom is -0.496 e. The molecule has 7 nitrogen and oxygen atoms in total. The first-order chi connectivity index (χ1) is 12.6. The summed E-state index contributed by atoms with van der Waals surface area (Å²) < 4.78 is 12.5. The van der Waals surface area contributed by atoms with Gasteiger partial charge >= 0.3 is 0 Å². The smallest absolute Gasteiger partial charge is 0.233 e. The Morgan fingerprint density at radius 2 is 2.12 bits per heavy atom. The number of furan rings is 1. The summed E-state index contributed by atoms with van der Waals surface area (Å²) in [6.45, 7) is 2.24. The number of benzene rings is 1. The number of carbonyl (C=O) groups is 1. The molecule has 1 amide bonds. The molecule has 0 bridgehead atoms. The van der Waals surface area contributed by atoms with Crippen molar-refractivity contribution in [3.05, 3.63) is 48.2 Å². The zero-order chi connectivity index (χ0) is 18.5. The van der Waals surface area contributed by atoms with Crippen LogP contribution in [0.2, 0.25) is 0 Å². The molecule has 8 heteroatoms. The summed E-state index contributed by atoms with van der Waals surface area (Å²) in [4.78, 5) is 12.4. The van der Waals surface area contributed by atoms with Crippen LogP contribution in [0.1, 0.15) is 12.5 Å². The molecule has 0 saturated heterocycles. The van der Waals surface area contributed by atoms with Crippen molar-refractivity contribution in [2.75, 3.05) is 7.11 Å². The van der Waals surface area contributed by atoms with Crippen molar-refractivity contribution in [3.8, 4) is 17.3 Å². The minimum atomic E-state index is -0.322. The third kappa shape index (κ3) is 3.91. The highest BCUT2D eigenvalue weighted by atomic mass is 32.2. The van der Waals surface area contributed by atoms with E-state index in [-0.39, 0.29) is 11.2 Å². The van der Waals surface area contributed by atoms with Crippen LogP contribution in [0.4, 0.5) is 0 Å². The van der Waals surface area contributed by atoms with Gasteiger partial charge in [-0.2, -0.15) is 0 Å². The quantitative estimate of drug-likeness (QED) is 0.642. The van der Waals surface area contributed by atoms with Crippen LogP contribution in [0.5, 0.6) is 5.75 Å². The fraction of sp³-hybridized carbons (Fsp3) is 0.278. The summed E-state index contributed by atoms with van der Waals surface area (Å²) in [5, 5.41) is 11.6. The molecule has 2 aromatic heterocycles. The Hall–Kier alpha value is -2.74. The van der Waals surface area contributed by atoms with Crippen molar-refractivity contribution in [2.45, 2.75) is 23.9 Å². The zero-order valence-corrected chi connectivity index (χ0v) is 15.6. The third-order valence-electron chi connectivity index (χ3n) is 3.87. The molecule has 0 aliphatic heterocycles. The second-order valence-electron chi connectivity index (χ2n) is 5.63. The first kappa shape index (κ1) is 18.1. The van der Waals surface area contributed by atoms with Gasteiger partial charge in [0.25, 0.3) is 0 Å². The summed E-state index contributed by atoms with van der Waals surface area (Å²) in [7, 11) is 3.46. The summed E-state index contributed by atoms with van der Waals surface area (Å²) >= 11 is 1.35. The molecular formula is C18H20N4O3S. The van der Waals surface area contributed by atoms with Gasteiger partial charge in [-0.05, 0) is 25.1 Å². The van der Waals surface area contributed by atoms with Crippen LogP contribution in [0.3, 0.4) is 0 Å². The van der Waals surface area contributed by atoms with Gasteiger partial charge in [-0.3, -0.25) is 4.79 Å². The van der Waals surface area contributed by atoms with Crippen LogP contribution >= 0.6 is 11.8 Å². The van der Waals surface area contributed by atoms with E-state index in [1.165, 1.54) is 11.8 Å². The maximum atomic E-state index is 12.4. The second kappa shape index (κ2) is 8.09. The summed E-state index contributed by atoms with van der Waals surface area (Å²) in [6, 6.07) is 11.2. The number of hydrogen-bond acceptors (Lipinski definition) is 6. The molecule has 1 N–H and O–H groups in total. The maximum absolute atomic E-state index is 12.4. The van der Waals surface area contributed by atoms with Crippen molar-refractivity contribution in [2.24, 2.45) is 7.05 Å². The highest BCUT2D eigenvalue weighted by Gasteiger charge is 2.20. The largest absolute Gasteiger partial charge is 0.496 e. The number of hydrogen-bond donors (Lipinski definition) is 1. The number of aromatic nitrogens is 3. The first-order valence-corrected chi connectivity index (χ1v) is 8.97. The Kier molecular flexibility index (Phi) is 5.62. The molecule has 0 fully saturated rings. The zero-order valence-electron chi connectivity index (χ0n) is 14.8. The number of methoxy groups -OCH3 is 1. The first-order valence-electron chi connectivity index (χ1n) is 8.09. The van der Waals surface area contributed by atoms with Gasteiger partial charge < -0.3 is 19.0 Å². The summed E-state index contributed by atoms with van der Waals surface area (Å²) in [6.07, 6.45) is 1.59. The number of carbonyl (C=O) groups excluding carboxylic acids is 1. The number of nitrogens with one attached hydrogen (secondary N) is 1. The van der Waals surface area contributed by atoms with Gasteiger partial charge in [0.05, 0.1) is 18.6 Å². The number of nitrogens with zero attached hydrogens (tertiary/aromatic N) is 3. The van der Waals surface area contributed by atoms with E-state index in [1.54, 1.807) is 19.4 Å². The number of rotatable bonds is 7. The maximum Gasteiger partial charge on any atom is 0.233 e. The lowest BCUT2D eigenvalue weighted by atomic mass is 10.2. The van der Waals surface area contributed by atoms with Gasteiger partial charge in [-0.1, -0.05) is 30.0 Å². The Balaban J connectivity index is 1.61. The molecule has 26 heavy (non-hydrogen) atoms. The Labute approximate surface area is 155 Å². The van der Waals surface area contributed by atoms with Crippen LogP contribution in [0, 0.1) is 0 Å². The van der Waals surface area contributed by atoms with Gasteiger partial charge in [-0.15, -0.1) is 10.2 Å². The van der Waals surface area contributed by atoms with E-state index in [9.17, 15) is 4.79 Å². The van der Waals surface area contributed by atoms with Crippen LogP contribution in [0.25, 0.3) is 11.6 Å². The molecule has 136 valence electrons. The molecule has 0 saturated carbocycles. The molecular weight excluding hydrogens is 352 g/mol. The van der Waals surface area contributed by atoms with Gasteiger partial charge in [0, 0.05) is 19.2 Å². The van der Waals surface area contributed by atoms with E-state index in [2.05, 4.69) is 15.5 Å². The van der Waals surface area contributed by atoms with Crippen molar-refractivity contribution in [1.82, 2.24) is 20.1 Å². The van der Waals surface area contributed by atoms with E-state index >= 15 is 0 Å². The molecule has 3 rings (SSSR count). The standard InChI is InChI=1S/C18H20N4O3S/c1-12(17(23)19-11-13-7-4-5-8-14(13)24-3)26-18-21-20-16(22(18)2)15-9-6-10-25-15/h4-10,12H,11H2,1-3H3,(H,19,23). The average Bonchev–Trinajstić information content (AvgIpc) is 3.30. The highest BCUT2D eigenvalue weighted by Crippen LogP contribution is 2.26. The topological polar surface area (TPSA) is 82.2 Å². The Bertz CT molecular complexity index is 876. The van der Waals surface area contributed by atoms with E-state index in [4.69, 9.17) is 9.15 Å². The van der Waals surface area contributed by atoms with E-state index in [0.29, 0.717) is 23.3 Å². The number of para-hydroxylation sites is 1. The Morgan fingerprint density at radius 3 is 2.85 bits per heavy atom. The van der Waals surface area contributed by atoms with Gasteiger partial charge in [0.2, 0.25) is 5.91 Å². The van der Waals surface area contributed by atoms with Crippen molar-refractivity contribution in [3.63, 3.8) is 0 Å². The molecule has 0 aliphatic rings. The highest BCUT2D eigenvalue weighted by molar-refractivity contribution is 8.00. The molecule has 1 unspecified atom stereocenters. The van der Waals surface area contributed by atoms with Crippen LogP contribution in [-0.4, -0.2) is 33.0 Å². The fourth-order valence-electron chi connectivity index (χ4n) is 2.42. The molecule has 0 aliphatic carbocycles. The van der Waals surface area contributed by atoms with Crippen molar-refractivity contribution in [1.29, 1.82) is 0 Å². The van der Waals surface area contributed by atoms with Crippen molar-refractivity contribution >= 4 is 17.7 Å². The lowest BCUT2D eigenvalue weighted by molar-refractivity contribution is -0.120. The van der Waals surface area contributed by atoms with Gasteiger partial charge in [0.1, 0.15) is 5.75 Å². The lowest BCUT2D eigenvalue weighted by Crippen LogP contribution is -2.30. The molecule has 1 aromatic carbocycles. The van der Waals surface area contributed by atoms with Gasteiger partial charge in [-0.25, -0.2) is 0 Å². The molecule has 2 heterocycles. The predicted octanol–water partition coefficient (Wildman–Crippen LogP) is 2.88. The number of thioether (sulfide) groups is 1. The molecule has 0 radical (unpaired) electrons. The van der Waals surface area contributed by atoms with Crippen molar-refractivity contribution < 1.29 is 13.9 Å². The normalized spacial score (nSPS) is 12.0. The molecule has 3 aromatic rings. The van der Waals surface area contributed by atoms with E-state index in [1.807, 2.05) is 48.9 Å². The number of ether oxygens (including phenoxy) is 1. The van der Waals surface area contributed by atoms with Crippen LogP contribution in [0.15, 0.2) is 52.2 Å². The van der Waals surface area contributed by atoms with Crippen LogP contribution in [-0.2, 0) is 18.4 Å². The second-order valence-corrected chi connectivity index (χ2v) is 6.94. The van der Waals surface area contributed by atoms with Gasteiger partial charge in [0.15, 0.2) is 16.7 Å². The molecule has 1 atom stereocenters. The van der Waals surface area contributed by atoms with Crippen LogP contribution < -0.4 is 10.1 Å². The average molecular weight is 372 g/mol. The summed E-state index contributed by atoms with van der Waals surface area (Å²) in [5.74, 6) is 1.94. The number of amides is 1. The monoisotopic (exact) mass is 372 g/mol. The third-order valence-corrected chi connectivity index (χ3v) is 5.01. The predicted molar refractivity (Wildman–Crippen MR) is 98.9 cm³/mol. The minimum absolute atomic E-state index is 0.0801. The summed E-state index contributed by atoms with van der Waals surface area (Å²) in [5.41, 5.74) is 0.930. The Morgan fingerprint density at radius 1 is 1.31 bits per heavy atom. The van der Waals surface area contributed by atoms with E-state index < -0.39 is 0 Å². The molecule has 0 spiro atoms. The fourth-order valence-corrected chi connectivity index (χ4v) is 3.26. The van der Waals surface area contributed by atoms with E-state index in [0.717, 1.165) is 11.3 Å². The lowest BCUT2D eigenvalue weighted by Gasteiger charge is -2.13.